The first-order valence-corrected chi connectivity index (χ1v) is 5.50. The first-order chi connectivity index (χ1) is 8.68. The van der Waals surface area contributed by atoms with E-state index in [0.717, 1.165) is 5.56 Å². The third-order valence-electron chi connectivity index (χ3n) is 2.55. The Balaban J connectivity index is 2.21. The van der Waals surface area contributed by atoms with Crippen molar-refractivity contribution in [1.29, 1.82) is 0 Å². The first kappa shape index (κ1) is 12.1. The highest BCUT2D eigenvalue weighted by Crippen LogP contribution is 2.16. The number of aromatic hydroxyl groups is 1. The van der Waals surface area contributed by atoms with Crippen LogP contribution < -0.4 is 5.43 Å². The lowest BCUT2D eigenvalue weighted by molar-refractivity contribution is 0.229. The Hall–Kier alpha value is -2.33. The molecule has 0 saturated carbocycles. The van der Waals surface area contributed by atoms with Crippen molar-refractivity contribution in [3.63, 3.8) is 0 Å². The monoisotopic (exact) mass is 243 g/mol. The SMILES string of the molecule is O=c1cc[nH]c(C=CC(O)c2ccccc2)c1O. The van der Waals surface area contributed by atoms with Gasteiger partial charge in [0.1, 0.15) is 0 Å². The minimum absolute atomic E-state index is 0.275. The van der Waals surface area contributed by atoms with Gasteiger partial charge in [-0.2, -0.15) is 0 Å². The van der Waals surface area contributed by atoms with Crippen LogP contribution in [0.1, 0.15) is 17.4 Å². The van der Waals surface area contributed by atoms with Gasteiger partial charge >= 0.3 is 0 Å². The minimum atomic E-state index is -0.783. The molecule has 18 heavy (non-hydrogen) atoms. The van der Waals surface area contributed by atoms with Crippen molar-refractivity contribution in [3.8, 4) is 5.75 Å². The smallest absolute Gasteiger partial charge is 0.223 e. The number of benzene rings is 1. The topological polar surface area (TPSA) is 73.3 Å². The largest absolute Gasteiger partial charge is 0.503 e. The number of aromatic amines is 1. The molecule has 2 aromatic rings. The molecule has 92 valence electrons. The Morgan fingerprint density at radius 3 is 2.61 bits per heavy atom. The molecule has 0 radical (unpaired) electrons. The predicted octanol–water partition coefficient (Wildman–Crippen LogP) is 1.83. The van der Waals surface area contributed by atoms with E-state index in [1.54, 1.807) is 12.1 Å². The molecule has 1 aromatic heterocycles. The summed E-state index contributed by atoms with van der Waals surface area (Å²) in [7, 11) is 0. The third-order valence-corrected chi connectivity index (χ3v) is 2.55. The maximum Gasteiger partial charge on any atom is 0.223 e. The van der Waals surface area contributed by atoms with Gasteiger partial charge in [-0.05, 0) is 17.7 Å². The van der Waals surface area contributed by atoms with Gasteiger partial charge in [0.05, 0.1) is 11.8 Å². The second-order valence-electron chi connectivity index (χ2n) is 3.82. The summed E-state index contributed by atoms with van der Waals surface area (Å²) in [6.07, 6.45) is 3.64. The summed E-state index contributed by atoms with van der Waals surface area (Å²) >= 11 is 0. The summed E-state index contributed by atoms with van der Waals surface area (Å²) in [4.78, 5) is 13.9. The minimum Gasteiger partial charge on any atom is -0.503 e. The van der Waals surface area contributed by atoms with Crippen molar-refractivity contribution in [3.05, 3.63) is 70.2 Å². The maximum absolute atomic E-state index is 11.2. The molecule has 0 aliphatic heterocycles. The molecule has 2 rings (SSSR count). The molecule has 0 aliphatic carbocycles. The van der Waals surface area contributed by atoms with Crippen molar-refractivity contribution >= 4 is 6.08 Å². The maximum atomic E-state index is 11.2. The summed E-state index contributed by atoms with van der Waals surface area (Å²) in [6, 6.07) is 10.3. The molecular formula is C14H13NO3. The Kier molecular flexibility index (Phi) is 3.60. The molecule has 1 atom stereocenters. The molecule has 0 aliphatic rings. The summed E-state index contributed by atoms with van der Waals surface area (Å²) in [5, 5.41) is 19.4. The van der Waals surface area contributed by atoms with Crippen LogP contribution in [0.2, 0.25) is 0 Å². The highest BCUT2D eigenvalue weighted by molar-refractivity contribution is 5.52. The fraction of sp³-hybridized carbons (Fsp3) is 0.0714. The van der Waals surface area contributed by atoms with Gasteiger partial charge in [-0.25, -0.2) is 0 Å². The molecule has 1 unspecified atom stereocenters. The van der Waals surface area contributed by atoms with E-state index in [9.17, 15) is 15.0 Å². The van der Waals surface area contributed by atoms with Gasteiger partial charge in [0.25, 0.3) is 0 Å². The molecule has 1 aromatic carbocycles. The zero-order chi connectivity index (χ0) is 13.0. The van der Waals surface area contributed by atoms with Crippen LogP contribution in [0.5, 0.6) is 5.75 Å². The number of rotatable bonds is 3. The molecule has 1 heterocycles. The molecule has 0 fully saturated rings. The van der Waals surface area contributed by atoms with Gasteiger partial charge in [-0.3, -0.25) is 4.79 Å². The Labute approximate surface area is 104 Å². The molecule has 3 N–H and O–H groups in total. The van der Waals surface area contributed by atoms with E-state index < -0.39 is 11.5 Å². The number of nitrogens with one attached hydrogen (secondary N) is 1. The fourth-order valence-electron chi connectivity index (χ4n) is 1.56. The second-order valence-corrected chi connectivity index (χ2v) is 3.82. The van der Waals surface area contributed by atoms with E-state index in [1.807, 2.05) is 18.2 Å². The van der Waals surface area contributed by atoms with Crippen LogP contribution in [0.4, 0.5) is 0 Å². The van der Waals surface area contributed by atoms with E-state index >= 15 is 0 Å². The van der Waals surface area contributed by atoms with Crippen molar-refractivity contribution in [2.24, 2.45) is 0 Å². The van der Waals surface area contributed by atoms with Crippen molar-refractivity contribution in [2.75, 3.05) is 0 Å². The normalized spacial score (nSPS) is 12.7. The van der Waals surface area contributed by atoms with Gasteiger partial charge in [0.15, 0.2) is 5.75 Å². The van der Waals surface area contributed by atoms with Crippen LogP contribution in [0, 0.1) is 0 Å². The highest BCUT2D eigenvalue weighted by atomic mass is 16.3. The lowest BCUT2D eigenvalue weighted by atomic mass is 10.1. The second kappa shape index (κ2) is 5.33. The van der Waals surface area contributed by atoms with Gasteiger partial charge in [0, 0.05) is 12.3 Å². The van der Waals surface area contributed by atoms with Crippen LogP contribution in [-0.2, 0) is 0 Å². The molecule has 4 nitrogen and oxygen atoms in total. The van der Waals surface area contributed by atoms with E-state index in [-0.39, 0.29) is 11.4 Å². The summed E-state index contributed by atoms with van der Waals surface area (Å²) in [5.41, 5.74) is 0.562. The number of aliphatic hydroxyl groups is 1. The van der Waals surface area contributed by atoms with E-state index in [4.69, 9.17) is 0 Å². The zero-order valence-corrected chi connectivity index (χ0v) is 9.58. The average Bonchev–Trinajstić information content (AvgIpc) is 2.41. The molecule has 0 saturated heterocycles. The van der Waals surface area contributed by atoms with E-state index in [2.05, 4.69) is 4.98 Å². The number of pyridine rings is 1. The zero-order valence-electron chi connectivity index (χ0n) is 9.58. The Bertz CT molecular complexity index is 602. The third kappa shape index (κ3) is 2.67. The van der Waals surface area contributed by atoms with Crippen molar-refractivity contribution < 1.29 is 10.2 Å². The fourth-order valence-corrected chi connectivity index (χ4v) is 1.56. The van der Waals surface area contributed by atoms with Crippen molar-refractivity contribution in [1.82, 2.24) is 4.98 Å². The molecule has 0 amide bonds. The van der Waals surface area contributed by atoms with Gasteiger partial charge < -0.3 is 15.2 Å². The Morgan fingerprint density at radius 1 is 1.17 bits per heavy atom. The van der Waals surface area contributed by atoms with E-state index in [1.165, 1.54) is 24.4 Å². The molecule has 0 bridgehead atoms. The number of H-pyrrole nitrogens is 1. The number of hydrogen-bond donors (Lipinski definition) is 3. The molecular weight excluding hydrogens is 230 g/mol. The Morgan fingerprint density at radius 2 is 1.89 bits per heavy atom. The molecule has 0 spiro atoms. The summed E-state index contributed by atoms with van der Waals surface area (Å²) in [6.45, 7) is 0. The van der Waals surface area contributed by atoms with Gasteiger partial charge in [-0.15, -0.1) is 0 Å². The van der Waals surface area contributed by atoms with Crippen LogP contribution in [0.25, 0.3) is 6.08 Å². The van der Waals surface area contributed by atoms with Crippen LogP contribution >= 0.6 is 0 Å². The first-order valence-electron chi connectivity index (χ1n) is 5.50. The van der Waals surface area contributed by atoms with Crippen LogP contribution in [0.3, 0.4) is 0 Å². The summed E-state index contributed by atoms with van der Waals surface area (Å²) < 4.78 is 0. The lowest BCUT2D eigenvalue weighted by Gasteiger charge is -2.05. The van der Waals surface area contributed by atoms with Crippen LogP contribution in [0.15, 0.2) is 53.5 Å². The highest BCUT2D eigenvalue weighted by Gasteiger charge is 2.04. The van der Waals surface area contributed by atoms with Crippen molar-refractivity contribution in [2.45, 2.75) is 6.10 Å². The van der Waals surface area contributed by atoms with E-state index in [0.29, 0.717) is 0 Å². The van der Waals surface area contributed by atoms with Gasteiger partial charge in [0.2, 0.25) is 5.43 Å². The standard InChI is InChI=1S/C14H13NO3/c16-12(10-4-2-1-3-5-10)7-6-11-14(18)13(17)8-9-15-11/h1-9,12,16,18H,(H,15,17). The van der Waals surface area contributed by atoms with Gasteiger partial charge in [-0.1, -0.05) is 30.3 Å². The number of aliphatic hydroxyl groups excluding tert-OH is 1. The molecule has 4 heteroatoms. The van der Waals surface area contributed by atoms with Crippen LogP contribution in [-0.4, -0.2) is 15.2 Å². The number of hydrogen-bond acceptors (Lipinski definition) is 3. The number of aromatic nitrogens is 1. The average molecular weight is 243 g/mol. The quantitative estimate of drug-likeness (QED) is 0.770. The summed E-state index contributed by atoms with van der Waals surface area (Å²) in [5.74, 6) is -0.353. The lowest BCUT2D eigenvalue weighted by Crippen LogP contribution is -2.00. The predicted molar refractivity (Wildman–Crippen MR) is 69.2 cm³/mol.